The van der Waals surface area contributed by atoms with Gasteiger partial charge < -0.3 is 18.9 Å². The zero-order valence-corrected chi connectivity index (χ0v) is 24.8. The number of methoxy groups -OCH3 is 1. The molecule has 4 saturated carbocycles. The summed E-state index contributed by atoms with van der Waals surface area (Å²) in [5.41, 5.74) is -0.300. The Morgan fingerprint density at radius 1 is 0.846 bits per heavy atom. The first-order valence-electron chi connectivity index (χ1n) is 14.9. The number of rotatable bonds is 7. The van der Waals surface area contributed by atoms with E-state index in [2.05, 4.69) is 20.8 Å². The SMILES string of the molecule is COC(=O)CCC(C)C1CCC2C3C(OC(C)=O)C[C@@H]4C[C@H](OC(C)=O)CCC4(C)C3C[C@@H](OC(C)=O)C12C. The Morgan fingerprint density at radius 3 is 2.13 bits per heavy atom. The summed E-state index contributed by atoms with van der Waals surface area (Å²) in [5.74, 6) is 0.438. The van der Waals surface area contributed by atoms with Crippen molar-refractivity contribution in [2.24, 2.45) is 46.3 Å². The Hall–Kier alpha value is -2.12. The molecular formula is C31H48O8. The third kappa shape index (κ3) is 5.58. The molecule has 0 saturated heterocycles. The van der Waals surface area contributed by atoms with E-state index < -0.39 is 0 Å². The number of esters is 4. The van der Waals surface area contributed by atoms with Crippen LogP contribution in [0.4, 0.5) is 0 Å². The van der Waals surface area contributed by atoms with Crippen LogP contribution >= 0.6 is 0 Å². The van der Waals surface area contributed by atoms with Gasteiger partial charge in [0.25, 0.3) is 0 Å². The van der Waals surface area contributed by atoms with Crippen molar-refractivity contribution < 1.29 is 38.1 Å². The van der Waals surface area contributed by atoms with E-state index in [-0.39, 0.29) is 88.5 Å². The maximum Gasteiger partial charge on any atom is 0.305 e. The lowest BCUT2D eigenvalue weighted by molar-refractivity contribution is -0.224. The molecule has 8 nitrogen and oxygen atoms in total. The molecule has 4 fully saturated rings. The van der Waals surface area contributed by atoms with E-state index >= 15 is 0 Å². The highest BCUT2D eigenvalue weighted by molar-refractivity contribution is 5.69. The number of fused-ring (bicyclic) bond motifs is 5. The molecule has 0 spiro atoms. The van der Waals surface area contributed by atoms with E-state index in [1.807, 2.05) is 0 Å². The number of ether oxygens (including phenoxy) is 4. The van der Waals surface area contributed by atoms with E-state index in [9.17, 15) is 19.2 Å². The smallest absolute Gasteiger partial charge is 0.305 e. The molecule has 0 aliphatic heterocycles. The molecule has 4 aliphatic rings. The van der Waals surface area contributed by atoms with E-state index in [1.54, 1.807) is 0 Å². The standard InChI is InChI=1S/C31H48O8/c1-17(8-11-28(35)36-7)23-9-10-24-29-25(16-27(31(23,24)6)39-20(4)34)30(5)13-12-22(37-18(2)32)14-21(30)15-26(29)38-19(3)33/h17,21-27,29H,8-16H2,1-7H3/t17?,21-,22+,23?,24?,25?,26?,27+,29?,30?,31?/m0/s1. The Bertz CT molecular complexity index is 962. The summed E-state index contributed by atoms with van der Waals surface area (Å²) in [7, 11) is 1.42. The van der Waals surface area contributed by atoms with Crippen molar-refractivity contribution in [1.82, 2.24) is 0 Å². The van der Waals surface area contributed by atoms with E-state index in [0.717, 1.165) is 51.4 Å². The molecule has 4 aliphatic carbocycles. The fourth-order valence-electron chi connectivity index (χ4n) is 9.77. The van der Waals surface area contributed by atoms with Crippen LogP contribution < -0.4 is 0 Å². The minimum atomic E-state index is -0.279. The summed E-state index contributed by atoms with van der Waals surface area (Å²) in [4.78, 5) is 48.5. The lowest BCUT2D eigenvalue weighted by Crippen LogP contribution is -2.63. The molecule has 0 aromatic rings. The van der Waals surface area contributed by atoms with Crippen LogP contribution in [-0.4, -0.2) is 49.3 Å². The van der Waals surface area contributed by atoms with Crippen LogP contribution in [0.3, 0.4) is 0 Å². The summed E-state index contributed by atoms with van der Waals surface area (Å²) in [6.07, 6.45) is 6.53. The van der Waals surface area contributed by atoms with Crippen molar-refractivity contribution in [2.75, 3.05) is 7.11 Å². The van der Waals surface area contributed by atoms with Crippen molar-refractivity contribution in [3.05, 3.63) is 0 Å². The van der Waals surface area contributed by atoms with Crippen LogP contribution in [-0.2, 0) is 38.1 Å². The molecular weight excluding hydrogens is 500 g/mol. The van der Waals surface area contributed by atoms with Gasteiger partial charge in [-0.2, -0.15) is 0 Å². The van der Waals surface area contributed by atoms with Gasteiger partial charge in [0.15, 0.2) is 0 Å². The second-order valence-electron chi connectivity index (χ2n) is 13.4. The quantitative estimate of drug-likeness (QED) is 0.314. The molecule has 0 bridgehead atoms. The van der Waals surface area contributed by atoms with Crippen LogP contribution in [0.1, 0.15) is 99.3 Å². The molecule has 0 aromatic heterocycles. The molecule has 8 unspecified atom stereocenters. The topological polar surface area (TPSA) is 105 Å². The summed E-state index contributed by atoms with van der Waals surface area (Å²) in [6.45, 7) is 11.3. The first kappa shape index (κ1) is 29.9. The van der Waals surface area contributed by atoms with Crippen LogP contribution in [0.5, 0.6) is 0 Å². The number of hydrogen-bond acceptors (Lipinski definition) is 8. The molecule has 0 amide bonds. The Balaban J connectivity index is 1.70. The van der Waals surface area contributed by atoms with Gasteiger partial charge in [-0.3, -0.25) is 19.2 Å². The third-order valence-electron chi connectivity index (χ3n) is 11.4. The summed E-state index contributed by atoms with van der Waals surface area (Å²) in [5, 5.41) is 0. The minimum absolute atomic E-state index is 0.0215. The lowest BCUT2D eigenvalue weighted by Gasteiger charge is -2.64. The number of carbonyl (C=O) groups excluding carboxylic acids is 4. The largest absolute Gasteiger partial charge is 0.469 e. The average Bonchev–Trinajstić information content (AvgIpc) is 3.20. The number of carbonyl (C=O) groups is 4. The highest BCUT2D eigenvalue weighted by Gasteiger charge is 2.67. The highest BCUT2D eigenvalue weighted by Crippen LogP contribution is 2.69. The van der Waals surface area contributed by atoms with Gasteiger partial charge in [0.2, 0.25) is 0 Å². The molecule has 220 valence electrons. The van der Waals surface area contributed by atoms with Gasteiger partial charge in [0.1, 0.15) is 18.3 Å². The van der Waals surface area contributed by atoms with Crippen molar-refractivity contribution >= 4 is 23.9 Å². The molecule has 0 radical (unpaired) electrons. The first-order chi connectivity index (χ1) is 18.3. The van der Waals surface area contributed by atoms with Crippen molar-refractivity contribution in [2.45, 2.75) is 118 Å². The van der Waals surface area contributed by atoms with E-state index in [1.165, 1.54) is 27.9 Å². The van der Waals surface area contributed by atoms with Gasteiger partial charge in [-0.25, -0.2) is 0 Å². The van der Waals surface area contributed by atoms with Crippen molar-refractivity contribution in [1.29, 1.82) is 0 Å². The van der Waals surface area contributed by atoms with Crippen molar-refractivity contribution in [3.63, 3.8) is 0 Å². The van der Waals surface area contributed by atoms with E-state index in [4.69, 9.17) is 18.9 Å². The van der Waals surface area contributed by atoms with Crippen LogP contribution in [0.25, 0.3) is 0 Å². The molecule has 0 heterocycles. The third-order valence-corrected chi connectivity index (χ3v) is 11.4. The van der Waals surface area contributed by atoms with Gasteiger partial charge >= 0.3 is 23.9 Å². The van der Waals surface area contributed by atoms with Crippen LogP contribution in [0.15, 0.2) is 0 Å². The average molecular weight is 549 g/mol. The monoisotopic (exact) mass is 548 g/mol. The maximum absolute atomic E-state index is 12.5. The Kier molecular flexibility index (Phi) is 8.73. The fourth-order valence-corrected chi connectivity index (χ4v) is 9.77. The second kappa shape index (κ2) is 11.4. The Morgan fingerprint density at radius 2 is 1.51 bits per heavy atom. The van der Waals surface area contributed by atoms with Gasteiger partial charge in [0, 0.05) is 38.5 Å². The molecule has 0 aromatic carbocycles. The molecule has 11 atom stereocenters. The molecule has 39 heavy (non-hydrogen) atoms. The van der Waals surface area contributed by atoms with Crippen molar-refractivity contribution in [3.8, 4) is 0 Å². The zero-order chi connectivity index (χ0) is 28.7. The predicted octanol–water partition coefficient (Wildman–Crippen LogP) is 5.25. The van der Waals surface area contributed by atoms with Gasteiger partial charge in [-0.15, -0.1) is 0 Å². The van der Waals surface area contributed by atoms with Crippen LogP contribution in [0, 0.1) is 46.3 Å². The zero-order valence-electron chi connectivity index (χ0n) is 24.8. The first-order valence-corrected chi connectivity index (χ1v) is 14.9. The highest BCUT2D eigenvalue weighted by atomic mass is 16.6. The number of hydrogen-bond donors (Lipinski definition) is 0. The van der Waals surface area contributed by atoms with Gasteiger partial charge in [0.05, 0.1) is 7.11 Å². The fraction of sp³-hybridized carbons (Fsp3) is 0.871. The van der Waals surface area contributed by atoms with Gasteiger partial charge in [-0.05, 0) is 86.4 Å². The molecule has 4 rings (SSSR count). The van der Waals surface area contributed by atoms with Crippen LogP contribution in [0.2, 0.25) is 0 Å². The molecule has 8 heteroatoms. The normalized spacial score (nSPS) is 41.7. The molecule has 0 N–H and O–H groups in total. The lowest BCUT2D eigenvalue weighted by atomic mass is 9.43. The van der Waals surface area contributed by atoms with E-state index in [0.29, 0.717) is 6.42 Å². The second-order valence-corrected chi connectivity index (χ2v) is 13.4. The Labute approximate surface area is 233 Å². The maximum atomic E-state index is 12.5. The summed E-state index contributed by atoms with van der Waals surface area (Å²) >= 11 is 0. The summed E-state index contributed by atoms with van der Waals surface area (Å²) in [6, 6.07) is 0. The van der Waals surface area contributed by atoms with Gasteiger partial charge in [-0.1, -0.05) is 20.8 Å². The minimum Gasteiger partial charge on any atom is -0.469 e. The predicted molar refractivity (Wildman–Crippen MR) is 143 cm³/mol. The summed E-state index contributed by atoms with van der Waals surface area (Å²) < 4.78 is 22.8.